The zero-order chi connectivity index (χ0) is 14.7. The van der Waals surface area contributed by atoms with Crippen molar-refractivity contribution in [3.05, 3.63) is 59.1 Å². The van der Waals surface area contributed by atoms with Crippen molar-refractivity contribution in [2.75, 3.05) is 36.8 Å². The molecule has 1 fully saturated rings. The number of halogens is 1. The maximum Gasteiger partial charge on any atom is 0.0600 e. The summed E-state index contributed by atoms with van der Waals surface area (Å²) in [7, 11) is 0. The van der Waals surface area contributed by atoms with E-state index in [0.29, 0.717) is 0 Å². The van der Waals surface area contributed by atoms with Gasteiger partial charge in [0, 0.05) is 37.7 Å². The Morgan fingerprint density at radius 2 is 1.57 bits per heavy atom. The van der Waals surface area contributed by atoms with Crippen molar-refractivity contribution in [1.82, 2.24) is 4.90 Å². The van der Waals surface area contributed by atoms with E-state index < -0.39 is 0 Å². The van der Waals surface area contributed by atoms with E-state index in [-0.39, 0.29) is 0 Å². The van der Waals surface area contributed by atoms with E-state index >= 15 is 0 Å². The van der Waals surface area contributed by atoms with Crippen LogP contribution < -0.4 is 10.6 Å². The Morgan fingerprint density at radius 3 is 2.29 bits per heavy atom. The normalized spacial score (nSPS) is 16.1. The lowest BCUT2D eigenvalue weighted by Gasteiger charge is -2.36. The summed E-state index contributed by atoms with van der Waals surface area (Å²) < 4.78 is 0. The molecule has 0 aliphatic carbocycles. The van der Waals surface area contributed by atoms with E-state index in [4.69, 9.17) is 17.3 Å². The molecule has 0 bridgehead atoms. The largest absolute Gasteiger partial charge is 0.397 e. The van der Waals surface area contributed by atoms with E-state index in [1.165, 1.54) is 5.56 Å². The molecule has 0 unspecified atom stereocenters. The summed E-state index contributed by atoms with van der Waals surface area (Å²) in [5.74, 6) is 0. The Bertz CT molecular complexity index is 606. The third-order valence-corrected chi connectivity index (χ3v) is 4.37. The number of nitrogens with zero attached hydrogens (tertiary/aromatic N) is 2. The molecule has 0 radical (unpaired) electrons. The predicted molar refractivity (Wildman–Crippen MR) is 89.8 cm³/mol. The maximum absolute atomic E-state index is 6.24. The summed E-state index contributed by atoms with van der Waals surface area (Å²) in [4.78, 5) is 4.80. The molecule has 2 aromatic rings. The van der Waals surface area contributed by atoms with Gasteiger partial charge in [0.2, 0.25) is 0 Å². The van der Waals surface area contributed by atoms with Crippen LogP contribution >= 0.6 is 11.6 Å². The number of anilines is 2. The number of hydrogen-bond acceptors (Lipinski definition) is 3. The molecule has 0 spiro atoms. The predicted octanol–water partition coefficient (Wildman–Crippen LogP) is 3.24. The van der Waals surface area contributed by atoms with Gasteiger partial charge in [0.1, 0.15) is 0 Å². The average molecular weight is 302 g/mol. The van der Waals surface area contributed by atoms with E-state index in [2.05, 4.69) is 21.9 Å². The Hall–Kier alpha value is -1.71. The summed E-state index contributed by atoms with van der Waals surface area (Å²) in [6, 6.07) is 16.2. The fourth-order valence-corrected chi connectivity index (χ4v) is 2.99. The molecule has 1 aliphatic heterocycles. The third kappa shape index (κ3) is 3.31. The van der Waals surface area contributed by atoms with Crippen molar-refractivity contribution in [3.8, 4) is 0 Å². The summed E-state index contributed by atoms with van der Waals surface area (Å²) in [5, 5.41) is 0.854. The van der Waals surface area contributed by atoms with Crippen LogP contribution in [0.5, 0.6) is 0 Å². The molecule has 2 N–H and O–H groups in total. The lowest BCUT2D eigenvalue weighted by atomic mass is 10.2. The van der Waals surface area contributed by atoms with Crippen molar-refractivity contribution >= 4 is 23.0 Å². The molecular weight excluding hydrogens is 282 g/mol. The van der Waals surface area contributed by atoms with Gasteiger partial charge in [-0.25, -0.2) is 0 Å². The van der Waals surface area contributed by atoms with Crippen LogP contribution in [0.3, 0.4) is 0 Å². The summed E-state index contributed by atoms with van der Waals surface area (Å²) in [5.41, 5.74) is 9.26. The minimum atomic E-state index is 0.854. The average Bonchev–Trinajstić information content (AvgIpc) is 2.51. The van der Waals surface area contributed by atoms with Gasteiger partial charge in [-0.1, -0.05) is 41.9 Å². The molecule has 0 aromatic heterocycles. The van der Waals surface area contributed by atoms with Crippen LogP contribution in [0.15, 0.2) is 48.5 Å². The quantitative estimate of drug-likeness (QED) is 0.883. The molecule has 0 atom stereocenters. The van der Waals surface area contributed by atoms with Crippen LogP contribution in [-0.4, -0.2) is 31.1 Å². The zero-order valence-electron chi connectivity index (χ0n) is 12.0. The Balaban J connectivity index is 1.61. The first-order valence-electron chi connectivity index (χ1n) is 7.29. The lowest BCUT2D eigenvalue weighted by molar-refractivity contribution is 0.250. The van der Waals surface area contributed by atoms with E-state index in [0.717, 1.165) is 49.1 Å². The number of rotatable bonds is 3. The van der Waals surface area contributed by atoms with Gasteiger partial charge in [0.05, 0.1) is 11.4 Å². The molecule has 21 heavy (non-hydrogen) atoms. The summed E-state index contributed by atoms with van der Waals surface area (Å²) >= 11 is 6.24. The van der Waals surface area contributed by atoms with Crippen molar-refractivity contribution in [2.24, 2.45) is 0 Å². The molecule has 3 nitrogen and oxygen atoms in total. The zero-order valence-corrected chi connectivity index (χ0v) is 12.8. The monoisotopic (exact) mass is 301 g/mol. The van der Waals surface area contributed by atoms with Gasteiger partial charge >= 0.3 is 0 Å². The number of nitrogen functional groups attached to an aromatic ring is 1. The Kier molecular flexibility index (Phi) is 4.32. The van der Waals surface area contributed by atoms with Gasteiger partial charge in [-0.15, -0.1) is 0 Å². The first-order valence-corrected chi connectivity index (χ1v) is 7.67. The molecule has 3 rings (SSSR count). The van der Waals surface area contributed by atoms with Crippen LogP contribution in [0.4, 0.5) is 11.4 Å². The fourth-order valence-electron chi connectivity index (χ4n) is 2.79. The van der Waals surface area contributed by atoms with Gasteiger partial charge < -0.3 is 10.6 Å². The smallest absolute Gasteiger partial charge is 0.0600 e. The standard InChI is InChI=1S/C17H20ClN3/c18-15-6-2-1-5-14(15)13-20-9-11-21(12-10-20)17-8-4-3-7-16(17)19/h1-8H,9-13,19H2. The van der Waals surface area contributed by atoms with E-state index in [1.807, 2.05) is 36.4 Å². The topological polar surface area (TPSA) is 32.5 Å². The molecule has 1 saturated heterocycles. The van der Waals surface area contributed by atoms with Crippen LogP contribution in [-0.2, 0) is 6.54 Å². The van der Waals surface area contributed by atoms with Crippen molar-refractivity contribution < 1.29 is 0 Å². The van der Waals surface area contributed by atoms with Crippen LogP contribution in [0.25, 0.3) is 0 Å². The SMILES string of the molecule is Nc1ccccc1N1CCN(Cc2ccccc2Cl)CC1. The summed E-state index contributed by atoms with van der Waals surface area (Å²) in [6.07, 6.45) is 0. The first-order chi connectivity index (χ1) is 10.2. The number of piperazine rings is 1. The van der Waals surface area contributed by atoms with Gasteiger partial charge in [-0.05, 0) is 23.8 Å². The lowest BCUT2D eigenvalue weighted by Crippen LogP contribution is -2.46. The highest BCUT2D eigenvalue weighted by molar-refractivity contribution is 6.31. The minimum Gasteiger partial charge on any atom is -0.397 e. The molecule has 110 valence electrons. The van der Waals surface area contributed by atoms with Gasteiger partial charge in [-0.3, -0.25) is 4.90 Å². The summed E-state index contributed by atoms with van der Waals surface area (Å²) in [6.45, 7) is 4.97. The van der Waals surface area contributed by atoms with Crippen molar-refractivity contribution in [1.29, 1.82) is 0 Å². The van der Waals surface area contributed by atoms with Crippen molar-refractivity contribution in [3.63, 3.8) is 0 Å². The second-order valence-corrected chi connectivity index (χ2v) is 5.82. The Labute approximate surface area is 130 Å². The van der Waals surface area contributed by atoms with Crippen molar-refractivity contribution in [2.45, 2.75) is 6.54 Å². The molecule has 0 saturated carbocycles. The molecule has 1 aliphatic rings. The van der Waals surface area contributed by atoms with Gasteiger partial charge in [0.25, 0.3) is 0 Å². The van der Waals surface area contributed by atoms with Crippen LogP contribution in [0.1, 0.15) is 5.56 Å². The first kappa shape index (κ1) is 14.2. The van der Waals surface area contributed by atoms with E-state index in [1.54, 1.807) is 0 Å². The number of hydrogen-bond donors (Lipinski definition) is 1. The molecule has 1 heterocycles. The molecule has 2 aromatic carbocycles. The Morgan fingerprint density at radius 1 is 0.905 bits per heavy atom. The second-order valence-electron chi connectivity index (χ2n) is 5.41. The molecule has 4 heteroatoms. The minimum absolute atomic E-state index is 0.854. The second kappa shape index (κ2) is 6.37. The fraction of sp³-hybridized carbons (Fsp3) is 0.294. The highest BCUT2D eigenvalue weighted by Crippen LogP contribution is 2.24. The highest BCUT2D eigenvalue weighted by Gasteiger charge is 2.19. The number of nitrogens with two attached hydrogens (primary N) is 1. The van der Waals surface area contributed by atoms with Gasteiger partial charge in [0.15, 0.2) is 0 Å². The van der Waals surface area contributed by atoms with Crippen LogP contribution in [0.2, 0.25) is 5.02 Å². The maximum atomic E-state index is 6.24. The van der Waals surface area contributed by atoms with Gasteiger partial charge in [-0.2, -0.15) is 0 Å². The third-order valence-electron chi connectivity index (χ3n) is 4.00. The number of benzene rings is 2. The number of para-hydroxylation sites is 2. The highest BCUT2D eigenvalue weighted by atomic mass is 35.5. The molecule has 0 amide bonds. The van der Waals surface area contributed by atoms with E-state index in [9.17, 15) is 0 Å². The molecular formula is C17H20ClN3. The van der Waals surface area contributed by atoms with Crippen LogP contribution in [0, 0.1) is 0 Å².